The fourth-order valence-corrected chi connectivity index (χ4v) is 0. The average Bonchev–Trinajstić information content (AvgIpc) is 0. The first kappa shape index (κ1) is 42.6. The molecular formula is CH14Ca2SSi. The summed E-state index contributed by atoms with van der Waals surface area (Å²) in [7, 11) is 0. The van der Waals surface area contributed by atoms with Crippen LogP contribution in [-0.2, 0) is 0 Å². The van der Waals surface area contributed by atoms with Crippen LogP contribution in [0.25, 0.3) is 0 Å². The van der Waals surface area contributed by atoms with Crippen LogP contribution >= 0.6 is 13.5 Å². The Morgan fingerprint density at radius 2 is 1.00 bits per heavy atom. The van der Waals surface area contributed by atoms with Gasteiger partial charge in [0.1, 0.15) is 0 Å². The van der Waals surface area contributed by atoms with Gasteiger partial charge in [-0.2, -0.15) is 13.5 Å². The van der Waals surface area contributed by atoms with Crippen molar-refractivity contribution in [1.29, 1.82) is 0 Å². The molecule has 0 aromatic rings. The molecule has 0 spiro atoms. The Morgan fingerprint density at radius 3 is 1.00 bits per heavy atom. The Morgan fingerprint density at radius 1 is 1.00 bits per heavy atom. The van der Waals surface area contributed by atoms with Gasteiger partial charge in [-0.25, -0.2) is 0 Å². The Bertz CT molecular complexity index is 18.5. The molecule has 0 heterocycles. The molecule has 0 aliphatic carbocycles. The molecule has 0 amide bonds. The fraction of sp³-hybridized carbons (Fsp3) is 1.00. The van der Waals surface area contributed by atoms with E-state index in [2.05, 4.69) is 0 Å². The van der Waals surface area contributed by atoms with Gasteiger partial charge >= 0.3 is 75.5 Å². The molecule has 0 saturated heterocycles. The van der Waals surface area contributed by atoms with Gasteiger partial charge in [0.05, 0.1) is 0 Å². The second kappa shape index (κ2) is 27.6. The van der Waals surface area contributed by atoms with Gasteiger partial charge in [0.25, 0.3) is 0 Å². The molecule has 0 bridgehead atoms. The largest absolute Gasteiger partial charge is 2.00 e. The second-order valence-corrected chi connectivity index (χ2v) is 0. The van der Waals surface area contributed by atoms with Gasteiger partial charge in [0, 0.05) is 0 Å². The Kier molecular flexibility index (Phi) is 235. The van der Waals surface area contributed by atoms with E-state index >= 15 is 0 Å². The molecule has 0 fully saturated rings. The number of hydrogen-bond acceptors (Lipinski definition) is 0. The SMILES string of the molecule is C.S.[Ca+2].[Ca+2].[H-].[H-].[H-].[H-].[SiH4]. The molecule has 0 atom stereocenters. The summed E-state index contributed by atoms with van der Waals surface area (Å²) in [6.07, 6.45) is 0. The molecule has 0 N–H and O–H groups in total. The van der Waals surface area contributed by atoms with Crippen molar-refractivity contribution in [2.45, 2.75) is 7.43 Å². The predicted molar refractivity (Wildman–Crippen MR) is 44.4 cm³/mol. The molecule has 5 heavy (non-hydrogen) atoms. The van der Waals surface area contributed by atoms with Gasteiger partial charge in [-0.1, -0.05) is 7.43 Å². The van der Waals surface area contributed by atoms with E-state index in [9.17, 15) is 0 Å². The summed E-state index contributed by atoms with van der Waals surface area (Å²) in [5.41, 5.74) is 0. The minimum atomic E-state index is 0. The van der Waals surface area contributed by atoms with Crippen LogP contribution in [0.1, 0.15) is 13.1 Å². The van der Waals surface area contributed by atoms with Gasteiger partial charge in [0.2, 0.25) is 0 Å². The molecule has 0 aromatic heterocycles. The summed E-state index contributed by atoms with van der Waals surface area (Å²) in [5.74, 6) is 0. The van der Waals surface area contributed by atoms with Crippen molar-refractivity contribution in [2.24, 2.45) is 0 Å². The fourth-order valence-electron chi connectivity index (χ4n) is 0. The third-order valence-corrected chi connectivity index (χ3v) is 0. The third-order valence-electron chi connectivity index (χ3n) is 0. The molecule has 0 rings (SSSR count). The first-order valence-corrected chi connectivity index (χ1v) is 0. The van der Waals surface area contributed by atoms with E-state index in [1.165, 1.54) is 0 Å². The van der Waals surface area contributed by atoms with Crippen molar-refractivity contribution in [3.8, 4) is 0 Å². The summed E-state index contributed by atoms with van der Waals surface area (Å²) in [5, 5.41) is 0. The Labute approximate surface area is 111 Å². The quantitative estimate of drug-likeness (QED) is 0.405. The Balaban J connectivity index is 0. The average molecular weight is 166 g/mol. The molecule has 0 radical (unpaired) electrons. The van der Waals surface area contributed by atoms with Crippen molar-refractivity contribution in [3.05, 3.63) is 0 Å². The van der Waals surface area contributed by atoms with Crippen molar-refractivity contribution in [2.75, 3.05) is 0 Å². The van der Waals surface area contributed by atoms with Crippen LogP contribution in [0, 0.1) is 0 Å². The van der Waals surface area contributed by atoms with Gasteiger partial charge in [-0.05, 0) is 11.0 Å². The normalized spacial score (nSPS) is 0. The second-order valence-electron chi connectivity index (χ2n) is 0. The molecular weight excluding hydrogens is 152 g/mol. The molecule has 32 valence electrons. The van der Waals surface area contributed by atoms with E-state index in [-0.39, 0.29) is 113 Å². The van der Waals surface area contributed by atoms with Crippen molar-refractivity contribution >= 4 is 99.9 Å². The standard InChI is InChI=1S/CH4.2Ca.H2S.H4Si.4H/h1H4;;;1H2;1H4;;;;/q;2*+2;;;4*-1. The Hall–Kier alpha value is 3.09. The maximum absolute atomic E-state index is 0. The van der Waals surface area contributed by atoms with Crippen LogP contribution in [0.2, 0.25) is 0 Å². The van der Waals surface area contributed by atoms with E-state index in [4.69, 9.17) is 0 Å². The first-order valence-electron chi connectivity index (χ1n) is 0. The van der Waals surface area contributed by atoms with Gasteiger partial charge in [-0.15, -0.1) is 0 Å². The van der Waals surface area contributed by atoms with Crippen molar-refractivity contribution in [3.63, 3.8) is 0 Å². The van der Waals surface area contributed by atoms with Crippen molar-refractivity contribution in [1.82, 2.24) is 0 Å². The van der Waals surface area contributed by atoms with Crippen LogP contribution in [0.4, 0.5) is 0 Å². The van der Waals surface area contributed by atoms with E-state index in [0.717, 1.165) is 0 Å². The maximum atomic E-state index is 0. The molecule has 4 heteroatoms. The minimum absolute atomic E-state index is 0. The predicted octanol–water partition coefficient (Wildman–Crippen LogP) is -1.01. The summed E-state index contributed by atoms with van der Waals surface area (Å²) < 4.78 is 0. The topological polar surface area (TPSA) is 0 Å². The number of hydrogen-bond donors (Lipinski definition) is 0. The molecule has 0 aromatic carbocycles. The van der Waals surface area contributed by atoms with Gasteiger partial charge in [0.15, 0.2) is 0 Å². The molecule has 0 unspecified atom stereocenters. The van der Waals surface area contributed by atoms with Crippen LogP contribution in [-0.4, -0.2) is 86.4 Å². The monoisotopic (exact) mass is 166 g/mol. The third kappa shape index (κ3) is 19.2. The zero-order valence-corrected chi connectivity index (χ0v) is 7.33. The number of rotatable bonds is 0. The van der Waals surface area contributed by atoms with Crippen LogP contribution in [0.5, 0.6) is 0 Å². The molecule has 0 aliphatic rings. The zero-order chi connectivity index (χ0) is 0. The van der Waals surface area contributed by atoms with E-state index < -0.39 is 0 Å². The van der Waals surface area contributed by atoms with Crippen LogP contribution in [0.3, 0.4) is 0 Å². The minimum Gasteiger partial charge on any atom is -1.00 e. The van der Waals surface area contributed by atoms with E-state index in [1.807, 2.05) is 0 Å². The smallest absolute Gasteiger partial charge is 1.00 e. The van der Waals surface area contributed by atoms with Gasteiger partial charge < -0.3 is 5.71 Å². The van der Waals surface area contributed by atoms with Crippen molar-refractivity contribution < 1.29 is 5.71 Å². The molecule has 0 aliphatic heterocycles. The first-order chi connectivity index (χ1) is 0. The maximum Gasteiger partial charge on any atom is 2.00 e. The molecule has 0 nitrogen and oxygen atoms in total. The zero-order valence-electron chi connectivity index (χ0n) is 5.91. The molecule has 0 saturated carbocycles. The van der Waals surface area contributed by atoms with Crippen LogP contribution in [0.15, 0.2) is 0 Å². The van der Waals surface area contributed by atoms with Crippen LogP contribution < -0.4 is 0 Å². The van der Waals surface area contributed by atoms with E-state index in [0.29, 0.717) is 0 Å². The van der Waals surface area contributed by atoms with E-state index in [1.54, 1.807) is 0 Å². The summed E-state index contributed by atoms with van der Waals surface area (Å²) in [4.78, 5) is 0. The van der Waals surface area contributed by atoms with Gasteiger partial charge in [-0.3, -0.25) is 0 Å². The summed E-state index contributed by atoms with van der Waals surface area (Å²) >= 11 is 0. The summed E-state index contributed by atoms with van der Waals surface area (Å²) in [6, 6.07) is 0. The summed E-state index contributed by atoms with van der Waals surface area (Å²) in [6.45, 7) is 0.